The first-order valence-corrected chi connectivity index (χ1v) is 7.07. The van der Waals surface area contributed by atoms with E-state index in [-0.39, 0.29) is 18.4 Å². The number of amidine groups is 1. The lowest BCUT2D eigenvalue weighted by atomic mass is 10.1. The maximum Gasteiger partial charge on any atom is 0.125 e. The van der Waals surface area contributed by atoms with Crippen LogP contribution in [0, 0.1) is 11.3 Å². The number of nitrogens with two attached hydrogens (primary N) is 1. The molecule has 100 valence electrons. The minimum atomic E-state index is 0.0254. The van der Waals surface area contributed by atoms with Gasteiger partial charge in [0.15, 0.2) is 0 Å². The smallest absolute Gasteiger partial charge is 0.125 e. The molecule has 19 heavy (non-hydrogen) atoms. The highest BCUT2D eigenvalue weighted by Crippen LogP contribution is 2.31. The molecule has 1 atom stereocenters. The van der Waals surface area contributed by atoms with Crippen molar-refractivity contribution in [2.24, 2.45) is 11.7 Å². The van der Waals surface area contributed by atoms with E-state index in [2.05, 4.69) is 4.98 Å². The third kappa shape index (κ3) is 3.05. The number of rotatable bonds is 5. The Labute approximate surface area is 116 Å². The monoisotopic (exact) mass is 275 g/mol. The molecule has 1 unspecified atom stereocenters. The fourth-order valence-electron chi connectivity index (χ4n) is 1.74. The molecule has 0 spiro atoms. The summed E-state index contributed by atoms with van der Waals surface area (Å²) >= 11 is 1.62. The van der Waals surface area contributed by atoms with Gasteiger partial charge in [-0.1, -0.05) is 25.1 Å². The van der Waals surface area contributed by atoms with Gasteiger partial charge in [-0.2, -0.15) is 0 Å². The molecule has 0 aliphatic carbocycles. The number of para-hydroxylation sites is 1. The number of aromatic nitrogens is 1. The minimum Gasteiger partial charge on any atom is -0.396 e. The van der Waals surface area contributed by atoms with Crippen LogP contribution >= 0.6 is 11.8 Å². The second-order valence-electron chi connectivity index (χ2n) is 4.53. The number of aliphatic hydroxyl groups is 1. The Morgan fingerprint density at radius 2 is 2.21 bits per heavy atom. The van der Waals surface area contributed by atoms with Crippen molar-refractivity contribution >= 4 is 28.5 Å². The zero-order chi connectivity index (χ0) is 13.8. The molecule has 0 fully saturated rings. The Morgan fingerprint density at radius 3 is 2.89 bits per heavy atom. The average molecular weight is 275 g/mol. The molecule has 4 N–H and O–H groups in total. The fraction of sp³-hybridized carbons (Fsp3) is 0.286. The number of thioether (sulfide) groups is 1. The van der Waals surface area contributed by atoms with E-state index in [1.165, 1.54) is 0 Å². The van der Waals surface area contributed by atoms with Crippen LogP contribution in [0.4, 0.5) is 0 Å². The van der Waals surface area contributed by atoms with Gasteiger partial charge in [-0.3, -0.25) is 10.4 Å². The predicted octanol–water partition coefficient (Wildman–Crippen LogP) is 2.24. The van der Waals surface area contributed by atoms with Gasteiger partial charge in [0, 0.05) is 34.4 Å². The van der Waals surface area contributed by atoms with E-state index in [4.69, 9.17) is 16.2 Å². The van der Waals surface area contributed by atoms with Gasteiger partial charge in [0.1, 0.15) is 5.84 Å². The van der Waals surface area contributed by atoms with E-state index in [0.717, 1.165) is 21.6 Å². The Morgan fingerprint density at radius 1 is 1.47 bits per heavy atom. The van der Waals surface area contributed by atoms with Gasteiger partial charge in [0.2, 0.25) is 0 Å². The summed E-state index contributed by atoms with van der Waals surface area (Å²) in [5.41, 5.74) is 7.18. The summed E-state index contributed by atoms with van der Waals surface area (Å²) in [7, 11) is 0. The topological polar surface area (TPSA) is 83.0 Å². The first kappa shape index (κ1) is 13.8. The van der Waals surface area contributed by atoms with Gasteiger partial charge in [-0.05, 0) is 12.0 Å². The van der Waals surface area contributed by atoms with Gasteiger partial charge in [0.25, 0.3) is 0 Å². The van der Waals surface area contributed by atoms with E-state index in [9.17, 15) is 0 Å². The SMILES string of the molecule is CC(CO)CSc1c(C(=N)N)cnc2ccccc12. The van der Waals surface area contributed by atoms with Gasteiger partial charge in [0.05, 0.1) is 5.52 Å². The maximum atomic E-state index is 9.11. The Balaban J connectivity index is 2.46. The number of nitrogens with zero attached hydrogens (tertiary/aromatic N) is 1. The molecular formula is C14H17N3OS. The normalized spacial score (nSPS) is 12.5. The zero-order valence-corrected chi connectivity index (χ0v) is 11.6. The van der Waals surface area contributed by atoms with Crippen molar-refractivity contribution in [1.29, 1.82) is 5.41 Å². The Kier molecular flexibility index (Phi) is 4.39. The third-order valence-corrected chi connectivity index (χ3v) is 4.30. The second kappa shape index (κ2) is 6.04. The molecule has 0 aliphatic rings. The van der Waals surface area contributed by atoms with Crippen molar-refractivity contribution in [1.82, 2.24) is 4.98 Å². The Bertz CT molecular complexity index is 600. The lowest BCUT2D eigenvalue weighted by Gasteiger charge is -2.13. The molecule has 0 aliphatic heterocycles. The van der Waals surface area contributed by atoms with E-state index in [0.29, 0.717) is 5.56 Å². The van der Waals surface area contributed by atoms with Crippen LogP contribution in [-0.2, 0) is 0 Å². The van der Waals surface area contributed by atoms with Crippen LogP contribution in [0.15, 0.2) is 35.4 Å². The highest BCUT2D eigenvalue weighted by molar-refractivity contribution is 7.99. The number of benzene rings is 1. The van der Waals surface area contributed by atoms with E-state index in [1.807, 2.05) is 31.2 Å². The van der Waals surface area contributed by atoms with Crippen LogP contribution in [-0.4, -0.2) is 28.3 Å². The molecule has 2 rings (SSSR count). The fourth-order valence-corrected chi connectivity index (χ4v) is 2.94. The van der Waals surface area contributed by atoms with Crippen LogP contribution in [0.1, 0.15) is 12.5 Å². The predicted molar refractivity (Wildman–Crippen MR) is 79.7 cm³/mol. The molecule has 0 saturated heterocycles. The second-order valence-corrected chi connectivity index (χ2v) is 5.56. The van der Waals surface area contributed by atoms with Crippen molar-refractivity contribution in [3.8, 4) is 0 Å². The summed E-state index contributed by atoms with van der Waals surface area (Å²) in [6.45, 7) is 2.15. The molecule has 0 radical (unpaired) electrons. The van der Waals surface area contributed by atoms with Gasteiger partial charge in [-0.25, -0.2) is 0 Å². The Hall–Kier alpha value is -1.59. The number of pyridine rings is 1. The molecule has 5 heteroatoms. The molecule has 1 aromatic heterocycles. The molecule has 4 nitrogen and oxygen atoms in total. The van der Waals surface area contributed by atoms with E-state index < -0.39 is 0 Å². The quantitative estimate of drug-likeness (QED) is 0.444. The molecular weight excluding hydrogens is 258 g/mol. The maximum absolute atomic E-state index is 9.11. The average Bonchev–Trinajstić information content (AvgIpc) is 2.43. The van der Waals surface area contributed by atoms with Crippen molar-refractivity contribution in [3.63, 3.8) is 0 Å². The molecule has 1 aromatic carbocycles. The van der Waals surface area contributed by atoms with Gasteiger partial charge >= 0.3 is 0 Å². The number of hydrogen-bond acceptors (Lipinski definition) is 4. The van der Waals surface area contributed by atoms with Crippen LogP contribution in [0.25, 0.3) is 10.9 Å². The number of nitrogens with one attached hydrogen (secondary N) is 1. The largest absolute Gasteiger partial charge is 0.396 e. The third-order valence-electron chi connectivity index (χ3n) is 2.84. The molecule has 1 heterocycles. The summed E-state index contributed by atoms with van der Waals surface area (Å²) in [6.07, 6.45) is 1.65. The van der Waals surface area contributed by atoms with E-state index in [1.54, 1.807) is 18.0 Å². The summed E-state index contributed by atoms with van der Waals surface area (Å²) in [5.74, 6) is 1.01. The van der Waals surface area contributed by atoms with E-state index >= 15 is 0 Å². The van der Waals surface area contributed by atoms with Crippen molar-refractivity contribution in [2.45, 2.75) is 11.8 Å². The summed E-state index contributed by atoms with van der Waals surface area (Å²) in [4.78, 5) is 5.30. The number of nitrogen functional groups attached to an aromatic ring is 1. The first-order chi connectivity index (χ1) is 9.13. The van der Waals surface area contributed by atoms with Crippen LogP contribution in [0.5, 0.6) is 0 Å². The molecule has 0 amide bonds. The van der Waals surface area contributed by atoms with Gasteiger partial charge < -0.3 is 10.8 Å². The summed E-state index contributed by atoms with van der Waals surface area (Å²) in [6, 6.07) is 7.82. The number of hydrogen-bond donors (Lipinski definition) is 3. The highest BCUT2D eigenvalue weighted by Gasteiger charge is 2.12. The lowest BCUT2D eigenvalue weighted by molar-refractivity contribution is 0.250. The first-order valence-electron chi connectivity index (χ1n) is 6.09. The standard InChI is InChI=1S/C14H17N3OS/c1-9(7-18)8-19-13-10-4-2-3-5-12(10)17-6-11(13)14(15)16/h2-6,9,18H,7-8H2,1H3,(H3,15,16). The van der Waals surface area contributed by atoms with Crippen LogP contribution < -0.4 is 5.73 Å². The minimum absolute atomic E-state index is 0.0254. The molecule has 0 bridgehead atoms. The molecule has 2 aromatic rings. The van der Waals surface area contributed by atoms with Crippen molar-refractivity contribution in [3.05, 3.63) is 36.0 Å². The highest BCUT2D eigenvalue weighted by atomic mass is 32.2. The number of aliphatic hydroxyl groups excluding tert-OH is 1. The summed E-state index contributed by atoms with van der Waals surface area (Å²) < 4.78 is 0. The number of fused-ring (bicyclic) bond motifs is 1. The van der Waals surface area contributed by atoms with Gasteiger partial charge in [-0.15, -0.1) is 11.8 Å². The van der Waals surface area contributed by atoms with Crippen molar-refractivity contribution in [2.75, 3.05) is 12.4 Å². The zero-order valence-electron chi connectivity index (χ0n) is 10.8. The molecule has 0 saturated carbocycles. The lowest BCUT2D eigenvalue weighted by Crippen LogP contribution is -2.13. The van der Waals surface area contributed by atoms with Crippen LogP contribution in [0.2, 0.25) is 0 Å². The van der Waals surface area contributed by atoms with Crippen molar-refractivity contribution < 1.29 is 5.11 Å². The van der Waals surface area contributed by atoms with Crippen LogP contribution in [0.3, 0.4) is 0 Å². The summed E-state index contributed by atoms with van der Waals surface area (Å²) in [5, 5.41) is 17.8.